The van der Waals surface area contributed by atoms with Crippen molar-refractivity contribution in [2.75, 3.05) is 18.2 Å². The smallest absolute Gasteiger partial charge is 0.277 e. The van der Waals surface area contributed by atoms with Gasteiger partial charge in [0.15, 0.2) is 5.69 Å². The van der Waals surface area contributed by atoms with Crippen molar-refractivity contribution in [3.05, 3.63) is 47.7 Å². The monoisotopic (exact) mass is 470 g/mol. The summed E-state index contributed by atoms with van der Waals surface area (Å²) in [6.07, 6.45) is 7.00. The number of nitrogens with one attached hydrogen (secondary N) is 1. The highest BCUT2D eigenvalue weighted by atomic mass is 32.1. The molecule has 0 aliphatic heterocycles. The third-order valence-electron chi connectivity index (χ3n) is 5.84. The van der Waals surface area contributed by atoms with Crippen LogP contribution in [0.4, 0.5) is 15.1 Å². The second kappa shape index (κ2) is 11.0. The quantitative estimate of drug-likeness (QED) is 0.521. The number of rotatable bonds is 5. The number of methoxy groups -OCH3 is 1. The summed E-state index contributed by atoms with van der Waals surface area (Å²) in [5.74, 6) is -0.542. The number of amides is 1. The Kier molecular flexibility index (Phi) is 8.14. The molecule has 2 aromatic heterocycles. The fourth-order valence-corrected chi connectivity index (χ4v) is 5.09. The third-order valence-corrected chi connectivity index (χ3v) is 6.76. The van der Waals surface area contributed by atoms with Crippen molar-refractivity contribution in [1.82, 2.24) is 14.8 Å². The minimum Gasteiger partial charge on any atom is -0.389 e. The highest BCUT2D eigenvalue weighted by molar-refractivity contribution is 7.19. The van der Waals surface area contributed by atoms with Crippen molar-refractivity contribution >= 4 is 27.9 Å². The number of hydrogen-bond acceptors (Lipinski definition) is 7. The molecular weight excluding hydrogens is 443 g/mol. The van der Waals surface area contributed by atoms with Gasteiger partial charge in [0.25, 0.3) is 5.91 Å². The van der Waals surface area contributed by atoms with Gasteiger partial charge in [-0.05, 0) is 37.8 Å². The van der Waals surface area contributed by atoms with Crippen LogP contribution in [0.15, 0.2) is 30.5 Å². The molecule has 1 saturated carbocycles. The van der Waals surface area contributed by atoms with E-state index in [9.17, 15) is 9.18 Å². The van der Waals surface area contributed by atoms with Crippen LogP contribution in [0, 0.1) is 17.7 Å². The second-order valence-corrected chi connectivity index (χ2v) is 8.83. The summed E-state index contributed by atoms with van der Waals surface area (Å²) >= 11 is 1.09. The van der Waals surface area contributed by atoms with E-state index >= 15 is 0 Å². The predicted molar refractivity (Wildman–Crippen MR) is 126 cm³/mol. The standard InChI is InChI=1S/C22H26FN5O2S.CHN/c1-28-19(13-6-5-7-14(30-2)11-10-13)17(12-25-28)26-21(29)18-20(24)31-22(27-18)15-8-3-4-9-16(15)23;1-2/h3-4,8-9,12-14H,5-7,10-11,24H2,1-2H3,(H,26,29);1H/t13?,14-;/m1./s1. The number of ether oxygens (including phenoxy) is 1. The minimum absolute atomic E-state index is 0.0957. The molecule has 3 aromatic rings. The first-order chi connectivity index (χ1) is 16.0. The molecule has 33 heavy (non-hydrogen) atoms. The van der Waals surface area contributed by atoms with Crippen LogP contribution in [0.25, 0.3) is 10.6 Å². The van der Waals surface area contributed by atoms with E-state index in [1.54, 1.807) is 31.5 Å². The number of thiazole rings is 1. The Labute approximate surface area is 196 Å². The van der Waals surface area contributed by atoms with Gasteiger partial charge in [0.05, 0.1) is 23.7 Å². The zero-order valence-electron chi connectivity index (χ0n) is 18.6. The lowest BCUT2D eigenvalue weighted by Crippen LogP contribution is -2.16. The van der Waals surface area contributed by atoms with Crippen LogP contribution in [0.3, 0.4) is 0 Å². The molecule has 1 fully saturated rings. The van der Waals surface area contributed by atoms with Crippen molar-refractivity contribution in [3.8, 4) is 17.1 Å². The number of benzene rings is 1. The van der Waals surface area contributed by atoms with E-state index in [1.165, 1.54) is 6.07 Å². The Morgan fingerprint density at radius 1 is 1.30 bits per heavy atom. The van der Waals surface area contributed by atoms with Gasteiger partial charge in [0, 0.05) is 32.2 Å². The maximum absolute atomic E-state index is 14.1. The molecule has 10 heteroatoms. The lowest BCUT2D eigenvalue weighted by atomic mass is 9.95. The summed E-state index contributed by atoms with van der Waals surface area (Å²) in [6, 6.07) is 6.30. The number of hydrogen-bond donors (Lipinski definition) is 2. The summed E-state index contributed by atoms with van der Waals surface area (Å²) in [4.78, 5) is 17.3. The highest BCUT2D eigenvalue weighted by Crippen LogP contribution is 2.37. The van der Waals surface area contributed by atoms with Gasteiger partial charge in [-0.25, -0.2) is 14.6 Å². The number of anilines is 2. The van der Waals surface area contributed by atoms with Gasteiger partial charge < -0.3 is 15.8 Å². The van der Waals surface area contributed by atoms with Crippen molar-refractivity contribution in [2.24, 2.45) is 7.05 Å². The Hall–Kier alpha value is -3.29. The molecule has 3 N–H and O–H groups in total. The number of carbonyl (C=O) groups excluding carboxylic acids is 1. The predicted octanol–water partition coefficient (Wildman–Crippen LogP) is 4.72. The fraction of sp³-hybridized carbons (Fsp3) is 0.391. The number of halogens is 1. The van der Waals surface area contributed by atoms with E-state index in [-0.39, 0.29) is 22.7 Å². The normalized spacial score (nSPS) is 18.1. The Morgan fingerprint density at radius 2 is 2.06 bits per heavy atom. The zero-order valence-corrected chi connectivity index (χ0v) is 19.4. The van der Waals surface area contributed by atoms with Gasteiger partial charge >= 0.3 is 0 Å². The van der Waals surface area contributed by atoms with Crippen LogP contribution in [0.5, 0.6) is 0 Å². The van der Waals surface area contributed by atoms with Gasteiger partial charge in [0.1, 0.15) is 15.8 Å². The van der Waals surface area contributed by atoms with Crippen molar-refractivity contribution in [1.29, 1.82) is 5.26 Å². The average Bonchev–Trinajstić information content (AvgIpc) is 3.28. The van der Waals surface area contributed by atoms with Crippen molar-refractivity contribution in [2.45, 2.75) is 44.1 Å². The zero-order chi connectivity index (χ0) is 24.0. The molecule has 1 aliphatic rings. The van der Waals surface area contributed by atoms with E-state index in [0.717, 1.165) is 49.1 Å². The van der Waals surface area contributed by atoms with Crippen molar-refractivity contribution < 1.29 is 13.9 Å². The highest BCUT2D eigenvalue weighted by Gasteiger charge is 2.26. The van der Waals surface area contributed by atoms with Crippen LogP contribution < -0.4 is 11.1 Å². The molecule has 174 valence electrons. The average molecular weight is 471 g/mol. The minimum atomic E-state index is -0.422. The number of nitrogens with zero attached hydrogens (tertiary/aromatic N) is 4. The molecule has 2 heterocycles. The number of nitrogens with two attached hydrogens (primary N) is 1. The number of nitriles is 1. The largest absolute Gasteiger partial charge is 0.389 e. The number of aryl methyl sites for hydroxylation is 1. The first-order valence-corrected chi connectivity index (χ1v) is 11.4. The number of aromatic nitrogens is 3. The summed E-state index contributed by atoms with van der Waals surface area (Å²) in [7, 11) is 3.64. The van der Waals surface area contributed by atoms with E-state index in [2.05, 4.69) is 22.0 Å². The number of carbonyl (C=O) groups is 1. The van der Waals surface area contributed by atoms with Gasteiger partial charge in [-0.3, -0.25) is 9.48 Å². The van der Waals surface area contributed by atoms with Crippen LogP contribution >= 0.6 is 11.3 Å². The van der Waals surface area contributed by atoms with Crippen LogP contribution in [0.1, 0.15) is 54.2 Å². The van der Waals surface area contributed by atoms with Gasteiger partial charge in [-0.2, -0.15) is 5.10 Å². The summed E-state index contributed by atoms with van der Waals surface area (Å²) in [5, 5.41) is 14.4. The fourth-order valence-electron chi connectivity index (χ4n) is 4.23. The van der Waals surface area contributed by atoms with E-state index in [0.29, 0.717) is 16.3 Å². The van der Waals surface area contributed by atoms with E-state index in [4.69, 9.17) is 15.7 Å². The second-order valence-electron chi connectivity index (χ2n) is 7.80. The SMILES string of the molecule is C#N.CO[C@@H]1CCCC(c2c(NC(=O)c3nc(-c4ccccc4F)sc3N)cnn2C)CC1. The molecule has 0 spiro atoms. The van der Waals surface area contributed by atoms with Crippen LogP contribution in [-0.4, -0.2) is 33.9 Å². The third kappa shape index (κ3) is 5.38. The van der Waals surface area contributed by atoms with E-state index < -0.39 is 11.7 Å². The van der Waals surface area contributed by atoms with Gasteiger partial charge in [-0.15, -0.1) is 0 Å². The molecule has 0 bridgehead atoms. The Balaban J connectivity index is 0.00000149. The topological polar surface area (TPSA) is 119 Å². The van der Waals surface area contributed by atoms with Crippen LogP contribution in [-0.2, 0) is 11.8 Å². The molecule has 1 aromatic carbocycles. The Morgan fingerprint density at radius 3 is 2.79 bits per heavy atom. The lowest BCUT2D eigenvalue weighted by molar-refractivity contribution is 0.0896. The van der Waals surface area contributed by atoms with Crippen LogP contribution in [0.2, 0.25) is 0 Å². The first-order valence-electron chi connectivity index (χ1n) is 10.6. The lowest BCUT2D eigenvalue weighted by Gasteiger charge is -2.17. The van der Waals surface area contributed by atoms with E-state index in [1.807, 2.05) is 11.7 Å². The molecule has 1 amide bonds. The summed E-state index contributed by atoms with van der Waals surface area (Å²) in [5.41, 5.74) is 8.13. The maximum Gasteiger partial charge on any atom is 0.277 e. The molecular formula is C23H27FN6O2S. The Bertz CT molecular complexity index is 1130. The molecule has 1 aliphatic carbocycles. The molecule has 0 saturated heterocycles. The maximum atomic E-state index is 14.1. The first kappa shape index (κ1) is 24.4. The summed E-state index contributed by atoms with van der Waals surface area (Å²) in [6.45, 7) is 3.50. The summed E-state index contributed by atoms with van der Waals surface area (Å²) < 4.78 is 21.5. The number of nitrogen functional groups attached to an aromatic ring is 1. The van der Waals surface area contributed by atoms with Gasteiger partial charge in [0.2, 0.25) is 0 Å². The molecule has 4 rings (SSSR count). The molecule has 0 radical (unpaired) electrons. The van der Waals surface area contributed by atoms with Gasteiger partial charge in [-0.1, -0.05) is 29.9 Å². The molecule has 1 unspecified atom stereocenters. The molecule has 2 atom stereocenters. The molecule has 8 nitrogen and oxygen atoms in total. The van der Waals surface area contributed by atoms with Crippen molar-refractivity contribution in [3.63, 3.8) is 0 Å².